The summed E-state index contributed by atoms with van der Waals surface area (Å²) in [6.45, 7) is 1.20. The van der Waals surface area contributed by atoms with Gasteiger partial charge in [-0.1, -0.05) is 73.3 Å². The van der Waals surface area contributed by atoms with E-state index < -0.39 is 17.1 Å². The third-order valence-corrected chi connectivity index (χ3v) is 8.75. The molecular weight excluding hydrogens is 476 g/mol. The Hall–Kier alpha value is -2.57. The van der Waals surface area contributed by atoms with Crippen molar-refractivity contribution in [2.75, 3.05) is 13.1 Å². The number of ether oxygens (including phenoxy) is 1. The summed E-state index contributed by atoms with van der Waals surface area (Å²) in [5, 5.41) is 14.9. The van der Waals surface area contributed by atoms with E-state index in [9.17, 15) is 14.7 Å². The number of hydrogen-bond acceptors (Lipinski definition) is 4. The number of piperidine rings is 1. The Morgan fingerprint density at radius 2 is 1.67 bits per heavy atom. The van der Waals surface area contributed by atoms with Crippen LogP contribution in [0.3, 0.4) is 0 Å². The van der Waals surface area contributed by atoms with E-state index in [1.54, 1.807) is 12.1 Å². The summed E-state index contributed by atoms with van der Waals surface area (Å²) in [6.07, 6.45) is 6.66. The fraction of sp³-hybridized carbons (Fsp3) is 0.517. The maximum absolute atomic E-state index is 14.0. The molecule has 2 aromatic rings. The molecule has 0 aromatic heterocycles. The molecule has 2 N–H and O–H groups in total. The van der Waals surface area contributed by atoms with Gasteiger partial charge in [0.2, 0.25) is 5.91 Å². The third kappa shape index (κ3) is 5.12. The molecule has 5 rings (SSSR count). The molecule has 7 heteroatoms. The highest BCUT2D eigenvalue weighted by molar-refractivity contribution is 6.30. The van der Waals surface area contributed by atoms with E-state index in [1.807, 2.05) is 47.4 Å². The molecule has 6 nitrogen and oxygen atoms in total. The van der Waals surface area contributed by atoms with Crippen LogP contribution in [0.4, 0.5) is 4.79 Å². The smallest absolute Gasteiger partial charge is 0.407 e. The number of alkyl carbamates (subject to hydrolysis) is 1. The molecule has 36 heavy (non-hydrogen) atoms. The number of amides is 2. The fourth-order valence-corrected chi connectivity index (χ4v) is 6.39. The van der Waals surface area contributed by atoms with Gasteiger partial charge in [-0.2, -0.15) is 0 Å². The van der Waals surface area contributed by atoms with Gasteiger partial charge < -0.3 is 20.1 Å². The van der Waals surface area contributed by atoms with Crippen molar-refractivity contribution in [1.29, 1.82) is 0 Å². The fourth-order valence-electron chi connectivity index (χ4n) is 6.27. The Balaban J connectivity index is 1.24. The molecular formula is C29H35ClN2O4. The summed E-state index contributed by atoms with van der Waals surface area (Å²) in [6, 6.07) is 16.7. The quantitative estimate of drug-likeness (QED) is 0.544. The lowest BCUT2D eigenvalue weighted by Crippen LogP contribution is -2.51. The molecule has 0 radical (unpaired) electrons. The van der Waals surface area contributed by atoms with E-state index in [0.29, 0.717) is 37.4 Å². The lowest BCUT2D eigenvalue weighted by Gasteiger charge is -2.41. The number of carbonyl (C=O) groups is 2. The van der Waals surface area contributed by atoms with Gasteiger partial charge in [0.15, 0.2) is 0 Å². The van der Waals surface area contributed by atoms with Crippen molar-refractivity contribution in [1.82, 2.24) is 10.2 Å². The highest BCUT2D eigenvalue weighted by Gasteiger charge is 2.66. The van der Waals surface area contributed by atoms with Crippen molar-refractivity contribution in [2.24, 2.45) is 11.3 Å². The molecule has 3 aliphatic rings. The predicted molar refractivity (Wildman–Crippen MR) is 138 cm³/mol. The van der Waals surface area contributed by atoms with Crippen LogP contribution in [0.15, 0.2) is 54.6 Å². The number of benzene rings is 2. The van der Waals surface area contributed by atoms with Crippen LogP contribution < -0.4 is 5.32 Å². The molecule has 3 fully saturated rings. The van der Waals surface area contributed by atoms with E-state index in [2.05, 4.69) is 5.32 Å². The number of hydrogen-bond donors (Lipinski definition) is 2. The number of nitrogens with zero attached hydrogens (tertiary/aromatic N) is 1. The van der Waals surface area contributed by atoms with Gasteiger partial charge in [0.05, 0.1) is 11.0 Å². The van der Waals surface area contributed by atoms with Crippen LogP contribution in [-0.2, 0) is 21.7 Å². The first kappa shape index (κ1) is 25.1. The van der Waals surface area contributed by atoms with Crippen molar-refractivity contribution >= 4 is 23.6 Å². The number of nitrogens with one attached hydrogen (secondary N) is 1. The molecule has 1 aliphatic heterocycles. The molecule has 0 bridgehead atoms. The van der Waals surface area contributed by atoms with Crippen LogP contribution in [0.25, 0.3) is 0 Å². The monoisotopic (exact) mass is 510 g/mol. The van der Waals surface area contributed by atoms with E-state index >= 15 is 0 Å². The Bertz CT molecular complexity index is 1060. The minimum absolute atomic E-state index is 0.126. The SMILES string of the molecule is O=C(NC1CC1(C(=O)N1CCC(O)(c2ccc(Cl)cc2)CC1)C1CCCCC1)OCc1ccccc1. The zero-order chi connectivity index (χ0) is 25.2. The number of aliphatic hydroxyl groups is 1. The van der Waals surface area contributed by atoms with Crippen molar-refractivity contribution in [3.63, 3.8) is 0 Å². The molecule has 0 spiro atoms. The summed E-state index contributed by atoms with van der Waals surface area (Å²) in [5.74, 6) is 0.399. The van der Waals surface area contributed by atoms with Gasteiger partial charge in [-0.05, 0) is 61.3 Å². The topological polar surface area (TPSA) is 78.9 Å². The summed E-state index contributed by atoms with van der Waals surface area (Å²) in [4.78, 5) is 28.5. The number of rotatable bonds is 6. The maximum atomic E-state index is 14.0. The summed E-state index contributed by atoms with van der Waals surface area (Å²) < 4.78 is 5.45. The Morgan fingerprint density at radius 3 is 2.33 bits per heavy atom. The second-order valence-electron chi connectivity index (χ2n) is 10.7. The van der Waals surface area contributed by atoms with E-state index in [0.717, 1.165) is 36.8 Å². The second-order valence-corrected chi connectivity index (χ2v) is 11.1. The molecule has 1 heterocycles. The average molecular weight is 511 g/mol. The number of likely N-dealkylation sites (tertiary alicyclic amines) is 1. The van der Waals surface area contributed by atoms with Gasteiger partial charge in [0, 0.05) is 24.2 Å². The molecule has 2 aromatic carbocycles. The van der Waals surface area contributed by atoms with E-state index in [1.165, 1.54) is 6.42 Å². The molecule has 2 atom stereocenters. The molecule has 2 amide bonds. The normalized spacial score (nSPS) is 25.7. The van der Waals surface area contributed by atoms with Crippen LogP contribution in [0, 0.1) is 11.3 Å². The first-order valence-electron chi connectivity index (χ1n) is 13.2. The Morgan fingerprint density at radius 1 is 1.00 bits per heavy atom. The standard InChI is InChI=1S/C29H35ClN2O4/c30-24-13-11-22(12-14-24)28(35)15-17-32(18-16-28)26(33)29(23-9-5-2-6-10-23)19-25(29)31-27(34)36-20-21-7-3-1-4-8-21/h1,3-4,7-8,11-14,23,25,35H,2,5-6,9-10,15-20H2,(H,31,34). The summed E-state index contributed by atoms with van der Waals surface area (Å²) in [7, 11) is 0. The van der Waals surface area contributed by atoms with E-state index in [4.69, 9.17) is 16.3 Å². The van der Waals surface area contributed by atoms with Crippen LogP contribution >= 0.6 is 11.6 Å². The average Bonchev–Trinajstić information content (AvgIpc) is 3.63. The highest BCUT2D eigenvalue weighted by Crippen LogP contribution is 2.58. The minimum atomic E-state index is -0.957. The second kappa shape index (κ2) is 10.4. The van der Waals surface area contributed by atoms with Gasteiger partial charge in [0.25, 0.3) is 0 Å². The number of carbonyl (C=O) groups excluding carboxylic acids is 2. The van der Waals surface area contributed by atoms with Crippen molar-refractivity contribution in [2.45, 2.75) is 69.6 Å². The van der Waals surface area contributed by atoms with Crippen molar-refractivity contribution in [3.8, 4) is 0 Å². The largest absolute Gasteiger partial charge is 0.445 e. The predicted octanol–water partition coefficient (Wildman–Crippen LogP) is 5.42. The lowest BCUT2D eigenvalue weighted by molar-refractivity contribution is -0.144. The molecule has 192 valence electrons. The minimum Gasteiger partial charge on any atom is -0.445 e. The maximum Gasteiger partial charge on any atom is 0.407 e. The van der Waals surface area contributed by atoms with Gasteiger partial charge in [-0.15, -0.1) is 0 Å². The Labute approximate surface area is 218 Å². The van der Waals surface area contributed by atoms with Crippen LogP contribution in [-0.4, -0.2) is 41.1 Å². The van der Waals surface area contributed by atoms with Crippen molar-refractivity contribution < 1.29 is 19.4 Å². The van der Waals surface area contributed by atoms with Crippen LogP contribution in [0.5, 0.6) is 0 Å². The number of halogens is 1. The van der Waals surface area contributed by atoms with Crippen molar-refractivity contribution in [3.05, 3.63) is 70.7 Å². The molecule has 2 aliphatic carbocycles. The third-order valence-electron chi connectivity index (χ3n) is 8.50. The van der Waals surface area contributed by atoms with Gasteiger partial charge >= 0.3 is 6.09 Å². The Kier molecular flexibility index (Phi) is 7.27. The van der Waals surface area contributed by atoms with Crippen LogP contribution in [0.2, 0.25) is 5.02 Å². The molecule has 2 saturated carbocycles. The van der Waals surface area contributed by atoms with Crippen LogP contribution in [0.1, 0.15) is 62.5 Å². The summed E-state index contributed by atoms with van der Waals surface area (Å²) in [5.41, 5.74) is 0.261. The lowest BCUT2D eigenvalue weighted by atomic mass is 9.75. The van der Waals surface area contributed by atoms with Gasteiger partial charge in [-0.25, -0.2) is 4.79 Å². The highest BCUT2D eigenvalue weighted by atomic mass is 35.5. The first-order chi connectivity index (χ1) is 17.4. The zero-order valence-electron chi connectivity index (χ0n) is 20.6. The summed E-state index contributed by atoms with van der Waals surface area (Å²) >= 11 is 6.02. The zero-order valence-corrected chi connectivity index (χ0v) is 21.4. The first-order valence-corrected chi connectivity index (χ1v) is 13.5. The molecule has 1 saturated heterocycles. The van der Waals surface area contributed by atoms with E-state index in [-0.39, 0.29) is 24.5 Å². The van der Waals surface area contributed by atoms with Gasteiger partial charge in [-0.3, -0.25) is 4.79 Å². The van der Waals surface area contributed by atoms with Gasteiger partial charge in [0.1, 0.15) is 6.61 Å². The molecule has 2 unspecified atom stereocenters.